The van der Waals surface area contributed by atoms with Crippen LogP contribution < -0.4 is 4.74 Å². The lowest BCUT2D eigenvalue weighted by atomic mass is 10.1. The number of pyridine rings is 4. The lowest BCUT2D eigenvalue weighted by Crippen LogP contribution is -1.99. The zero-order valence-corrected chi connectivity index (χ0v) is 54.1. The van der Waals surface area contributed by atoms with Gasteiger partial charge >= 0.3 is 5.20 Å². The first-order valence-corrected chi connectivity index (χ1v) is 35.4. The third-order valence-electron chi connectivity index (χ3n) is 16.7. The van der Waals surface area contributed by atoms with Crippen molar-refractivity contribution in [2.45, 2.75) is 157 Å². The normalized spacial score (nSPS) is 11.8. The maximum absolute atomic E-state index is 11.7. The van der Waals surface area contributed by atoms with Crippen molar-refractivity contribution < 1.29 is 19.9 Å². The highest BCUT2D eigenvalue weighted by atomic mass is 36.0. The lowest BCUT2D eigenvalue weighted by Gasteiger charge is -2.08. The number of hydrogen-bond acceptors (Lipinski definition) is 7. The summed E-state index contributed by atoms with van der Waals surface area (Å²) in [6.07, 6.45) is 28.7. The molecule has 12 rings (SSSR count). The van der Waals surface area contributed by atoms with Crippen LogP contribution >= 0.6 is 38.9 Å². The zero-order valence-electron chi connectivity index (χ0n) is 51.9. The number of aldehydes is 1. The van der Waals surface area contributed by atoms with Gasteiger partial charge in [-0.2, -0.15) is 0 Å². The van der Waals surface area contributed by atoms with Gasteiger partial charge in [-0.1, -0.05) is 141 Å². The Morgan fingerprint density at radius 2 is 0.736 bits per heavy atom. The number of halogens is 4. The van der Waals surface area contributed by atoms with Crippen LogP contribution in [0.25, 0.3) is 110 Å². The summed E-state index contributed by atoms with van der Waals surface area (Å²) in [5.74, 6) is 0.850. The fraction of sp³-hybridized carbons (Fsp3) is 0.366. The maximum atomic E-state index is 11.7. The number of nitrogens with zero attached hydrogens (tertiary/aromatic N) is 8. The molecule has 0 spiro atoms. The SMILES string of the molecule is CCCCCCn1c2ccc(C=O)cc2c2cc(-c3cc4c5cc(OC)ccc5n(CCCCCC)c4cn3)ncc21.CCCCCCn1c2ccccc2c2cc(-c3cc4c5ccccc5n(CCCCCC)c4cn3)ncc21.O=P(Cl)(Cl)Cl.[2H]CF. The summed E-state index contributed by atoms with van der Waals surface area (Å²) in [5, 5.41) is 6.43. The number of benzene rings is 4. The Morgan fingerprint density at radius 3 is 1.07 bits per heavy atom. The summed E-state index contributed by atoms with van der Waals surface area (Å²) in [6.45, 7) is 13.0. The van der Waals surface area contributed by atoms with E-state index in [0.717, 1.165) is 107 Å². The van der Waals surface area contributed by atoms with Gasteiger partial charge in [-0.15, -0.1) is 0 Å². The highest BCUT2D eigenvalue weighted by Crippen LogP contribution is 2.61. The molecule has 456 valence electrons. The van der Waals surface area contributed by atoms with Gasteiger partial charge in [0, 0.05) is 96.9 Å². The summed E-state index contributed by atoms with van der Waals surface area (Å²) >= 11 is 13.8. The van der Waals surface area contributed by atoms with Gasteiger partial charge in [0.05, 0.1) is 85.3 Å². The molecule has 12 aromatic rings. The van der Waals surface area contributed by atoms with E-state index in [0.29, 0.717) is 5.56 Å². The van der Waals surface area contributed by atoms with Gasteiger partial charge in [-0.25, -0.2) is 0 Å². The van der Waals surface area contributed by atoms with Crippen molar-refractivity contribution in [2.75, 3.05) is 14.3 Å². The molecule has 0 aliphatic heterocycles. The molecular weight excluding hydrogens is 1170 g/mol. The van der Waals surface area contributed by atoms with E-state index in [9.17, 15) is 13.8 Å². The first-order valence-electron chi connectivity index (χ1n) is 31.7. The van der Waals surface area contributed by atoms with Gasteiger partial charge < -0.3 is 23.0 Å². The molecule has 0 aliphatic carbocycles. The number of carbonyl (C=O) groups excluding carboxylic acids is 1. The molecule has 8 aromatic heterocycles. The molecule has 0 fully saturated rings. The van der Waals surface area contributed by atoms with E-state index in [-0.39, 0.29) is 0 Å². The minimum absolute atomic E-state index is 0.686. The van der Waals surface area contributed by atoms with Gasteiger partial charge in [0.15, 0.2) is 0 Å². The molecule has 0 bridgehead atoms. The Hall–Kier alpha value is -6.82. The second-order valence-electron chi connectivity index (χ2n) is 22.4. The standard InChI is InChI=1S/C36H40N4O2.C34H38N4.CH3F.Cl3OP/c1-4-6-8-10-16-39-33-14-12-25(24-41)18-27(33)29-20-31(37-22-35(29)39)32-21-30-28-19-26(42-3)13-15-34(28)40(36(30)23-38-32)17-11-9-7-5-2;1-3-5-7-13-19-37-31-17-11-9-15-25(31)27-21-29(35-23-33(27)37)30-22-28-26-16-10-12-18-32(26)38(34(28)24-36-30)20-14-8-6-4-2;1-2;1-5(2,3)4/h12-15,18-24H,4-11,16-17H2,1-3H3;9-12,15-18,21-24H,3-8,13-14,19-20H2,1-2H3;1H3;/i;;1D;. The van der Waals surface area contributed by atoms with E-state index in [1.807, 2.05) is 30.6 Å². The fourth-order valence-electron chi connectivity index (χ4n) is 12.4. The van der Waals surface area contributed by atoms with Crippen LogP contribution in [0.2, 0.25) is 0 Å². The Morgan fingerprint density at radius 1 is 0.437 bits per heavy atom. The van der Waals surface area contributed by atoms with Crippen molar-refractivity contribution in [1.29, 1.82) is 0 Å². The maximum Gasteiger partial charge on any atom is 0.339 e. The van der Waals surface area contributed by atoms with Gasteiger partial charge in [0.25, 0.3) is 0 Å². The molecular formula is C71H81Cl3FN8O3P. The first-order chi connectivity index (χ1) is 42.9. The summed E-state index contributed by atoms with van der Waals surface area (Å²) in [5.41, 5.74) is 13.9. The monoisotopic (exact) mass is 1250 g/mol. The topological polar surface area (TPSA) is 115 Å². The van der Waals surface area contributed by atoms with E-state index < -0.39 is 12.4 Å². The predicted octanol–water partition coefficient (Wildman–Crippen LogP) is 22.3. The van der Waals surface area contributed by atoms with Crippen molar-refractivity contribution in [3.8, 4) is 28.5 Å². The molecule has 8 heterocycles. The number of fused-ring (bicyclic) bond motifs is 12. The number of ether oxygens (including phenoxy) is 1. The number of methoxy groups -OCH3 is 1. The Kier molecular flexibility index (Phi) is 22.4. The van der Waals surface area contributed by atoms with Crippen molar-refractivity contribution in [2.24, 2.45) is 0 Å². The lowest BCUT2D eigenvalue weighted by molar-refractivity contribution is 0.112. The van der Waals surface area contributed by atoms with E-state index in [1.54, 1.807) is 7.11 Å². The number of aromatic nitrogens is 8. The molecule has 0 saturated heterocycles. The van der Waals surface area contributed by atoms with Crippen molar-refractivity contribution in [3.63, 3.8) is 0 Å². The number of unbranched alkanes of at least 4 members (excludes halogenated alkanes) is 12. The van der Waals surface area contributed by atoms with Crippen LogP contribution in [0.3, 0.4) is 0 Å². The third-order valence-corrected chi connectivity index (χ3v) is 16.7. The minimum atomic E-state index is -3.22. The van der Waals surface area contributed by atoms with Crippen molar-refractivity contribution >= 4 is 132 Å². The van der Waals surface area contributed by atoms with E-state index in [4.69, 9.17) is 26.0 Å². The average molecular weight is 1250 g/mol. The third kappa shape index (κ3) is 15.0. The van der Waals surface area contributed by atoms with Crippen LogP contribution in [0.5, 0.6) is 5.75 Å². The van der Waals surface area contributed by atoms with Crippen LogP contribution in [0.15, 0.2) is 134 Å². The largest absolute Gasteiger partial charge is 0.497 e. The highest BCUT2D eigenvalue weighted by molar-refractivity contribution is 8.24. The molecule has 0 saturated carbocycles. The second-order valence-corrected chi connectivity index (χ2v) is 29.0. The smallest absolute Gasteiger partial charge is 0.339 e. The molecule has 0 N–H and O–H groups in total. The number of aryl methyl sites for hydroxylation is 4. The molecule has 11 nitrogen and oxygen atoms in total. The number of carbonyl (C=O) groups is 1. The Labute approximate surface area is 526 Å². The van der Waals surface area contributed by atoms with Gasteiger partial charge in [-0.05, 0) is 132 Å². The molecule has 0 atom stereocenters. The van der Waals surface area contributed by atoms with Crippen LogP contribution in [0, 0.1) is 0 Å². The van der Waals surface area contributed by atoms with Crippen molar-refractivity contribution in [1.82, 2.24) is 38.2 Å². The number of rotatable bonds is 24. The minimum Gasteiger partial charge on any atom is -0.497 e. The highest BCUT2D eigenvalue weighted by Gasteiger charge is 2.19. The molecule has 16 heteroatoms. The summed E-state index contributed by atoms with van der Waals surface area (Å²) in [6, 6.07) is 38.7. The molecule has 0 unspecified atom stereocenters. The summed E-state index contributed by atoms with van der Waals surface area (Å²) in [7, 11) is 0.716. The number of para-hydroxylation sites is 2. The molecule has 4 aromatic carbocycles. The quantitative estimate of drug-likeness (QED) is 0.0336. The average Bonchev–Trinajstić information content (AvgIpc) is 2.87. The van der Waals surface area contributed by atoms with Crippen LogP contribution in [-0.4, -0.2) is 58.8 Å². The van der Waals surface area contributed by atoms with E-state index in [2.05, 4.69) is 183 Å². The van der Waals surface area contributed by atoms with Crippen LogP contribution in [0.4, 0.5) is 4.39 Å². The first kappa shape index (κ1) is 63.2. The van der Waals surface area contributed by atoms with Crippen LogP contribution in [-0.2, 0) is 30.7 Å². The number of hydrogen-bond donors (Lipinski definition) is 0. The fourth-order valence-corrected chi connectivity index (χ4v) is 12.4. The summed E-state index contributed by atoms with van der Waals surface area (Å²) in [4.78, 5) is 31.4. The van der Waals surface area contributed by atoms with Gasteiger partial charge in [-0.3, -0.25) is 33.7 Å². The molecule has 0 amide bonds. The molecule has 0 aliphatic rings. The molecule has 87 heavy (non-hydrogen) atoms. The molecule has 0 radical (unpaired) electrons. The van der Waals surface area contributed by atoms with Crippen LogP contribution in [0.1, 0.15) is 142 Å². The van der Waals surface area contributed by atoms with Gasteiger partial charge in [0.2, 0.25) is 0 Å². The zero-order chi connectivity index (χ0) is 62.2. The number of alkyl halides is 1. The Balaban J connectivity index is 0.000000188. The van der Waals surface area contributed by atoms with Gasteiger partial charge in [0.1, 0.15) is 12.0 Å². The second kappa shape index (κ2) is 30.9. The predicted molar refractivity (Wildman–Crippen MR) is 368 cm³/mol. The van der Waals surface area contributed by atoms with E-state index >= 15 is 0 Å². The van der Waals surface area contributed by atoms with E-state index in [1.165, 1.54) is 144 Å². The van der Waals surface area contributed by atoms with Crippen molar-refractivity contribution in [3.05, 3.63) is 140 Å². The summed E-state index contributed by atoms with van der Waals surface area (Å²) < 4.78 is 40.3. The Bertz CT molecular complexity index is 4230.